The van der Waals surface area contributed by atoms with E-state index in [0.717, 1.165) is 3.57 Å². The molecule has 4 rings (SSSR count). The first kappa shape index (κ1) is 20.5. The summed E-state index contributed by atoms with van der Waals surface area (Å²) in [6.07, 6.45) is 0.0206. The van der Waals surface area contributed by atoms with Gasteiger partial charge in [0.05, 0.1) is 22.2 Å². The number of thiophene rings is 1. The molecule has 29 heavy (non-hydrogen) atoms. The van der Waals surface area contributed by atoms with Crippen molar-refractivity contribution in [3.63, 3.8) is 0 Å². The van der Waals surface area contributed by atoms with Gasteiger partial charge in [-0.1, -0.05) is 13.8 Å². The molecule has 3 N–H and O–H groups in total. The van der Waals surface area contributed by atoms with Gasteiger partial charge in [-0.25, -0.2) is 4.39 Å². The van der Waals surface area contributed by atoms with Gasteiger partial charge in [-0.15, -0.1) is 11.3 Å². The zero-order chi connectivity index (χ0) is 20.9. The molecule has 0 saturated carbocycles. The number of fused-ring (bicyclic) bond motifs is 1. The van der Waals surface area contributed by atoms with Gasteiger partial charge in [-0.2, -0.15) is 0 Å². The minimum atomic E-state index is -0.527. The van der Waals surface area contributed by atoms with Gasteiger partial charge >= 0.3 is 0 Å². The van der Waals surface area contributed by atoms with Crippen molar-refractivity contribution >= 4 is 56.4 Å². The molecule has 6 nitrogen and oxygen atoms in total. The molecule has 9 heteroatoms. The SMILES string of the molecule is CC1(C)CNC(=O)c2sc(Nc3ccc(I)cc3F)c(C(=O)N3CC(O)C3)c2C1. The molecule has 0 unspecified atom stereocenters. The number of anilines is 2. The molecule has 0 bridgehead atoms. The third-order valence-electron chi connectivity index (χ3n) is 5.14. The molecule has 1 aromatic heterocycles. The highest BCUT2D eigenvalue weighted by Crippen LogP contribution is 2.41. The number of likely N-dealkylation sites (tertiary alicyclic amines) is 1. The minimum Gasteiger partial charge on any atom is -0.389 e. The van der Waals surface area contributed by atoms with E-state index in [0.29, 0.717) is 34.0 Å². The predicted molar refractivity (Wildman–Crippen MR) is 118 cm³/mol. The summed E-state index contributed by atoms with van der Waals surface area (Å²) in [5.74, 6) is -0.890. The van der Waals surface area contributed by atoms with Crippen LogP contribution >= 0.6 is 33.9 Å². The minimum absolute atomic E-state index is 0.218. The van der Waals surface area contributed by atoms with E-state index in [2.05, 4.69) is 10.6 Å². The fourth-order valence-electron chi connectivity index (χ4n) is 3.56. The second-order valence-corrected chi connectivity index (χ2v) is 10.5. The molecule has 2 aliphatic rings. The van der Waals surface area contributed by atoms with Crippen molar-refractivity contribution in [3.05, 3.63) is 43.6 Å². The number of carbonyl (C=O) groups excluding carboxylic acids is 2. The first-order valence-electron chi connectivity index (χ1n) is 9.28. The van der Waals surface area contributed by atoms with Gasteiger partial charge in [0.25, 0.3) is 11.8 Å². The average molecular weight is 529 g/mol. The van der Waals surface area contributed by atoms with E-state index in [1.807, 2.05) is 36.4 Å². The Morgan fingerprint density at radius 2 is 2.14 bits per heavy atom. The van der Waals surface area contributed by atoms with Crippen LogP contribution in [0.5, 0.6) is 0 Å². The maximum atomic E-state index is 14.4. The van der Waals surface area contributed by atoms with Gasteiger partial charge in [0, 0.05) is 23.2 Å². The van der Waals surface area contributed by atoms with Crippen LogP contribution in [0.15, 0.2) is 18.2 Å². The van der Waals surface area contributed by atoms with Crippen LogP contribution in [0.3, 0.4) is 0 Å². The van der Waals surface area contributed by atoms with E-state index in [1.165, 1.54) is 17.4 Å². The maximum Gasteiger partial charge on any atom is 0.261 e. The Hall–Kier alpha value is -1.72. The Kier molecular flexibility index (Phi) is 5.32. The van der Waals surface area contributed by atoms with Crippen LogP contribution in [-0.4, -0.2) is 47.6 Å². The summed E-state index contributed by atoms with van der Waals surface area (Å²) >= 11 is 3.20. The van der Waals surface area contributed by atoms with Gasteiger partial charge in [0.2, 0.25) is 0 Å². The zero-order valence-electron chi connectivity index (χ0n) is 16.0. The second kappa shape index (κ2) is 7.51. The third kappa shape index (κ3) is 3.99. The lowest BCUT2D eigenvalue weighted by Gasteiger charge is -2.36. The first-order chi connectivity index (χ1) is 13.6. The summed E-state index contributed by atoms with van der Waals surface area (Å²) in [6, 6.07) is 4.80. The Balaban J connectivity index is 1.81. The number of benzene rings is 1. The number of β-amino-alcohol motifs (C(OH)–C–C–N with tert-alkyl or cyclic N) is 1. The summed E-state index contributed by atoms with van der Waals surface area (Å²) in [5.41, 5.74) is 1.12. The van der Waals surface area contributed by atoms with Crippen LogP contribution in [0.2, 0.25) is 0 Å². The second-order valence-electron chi connectivity index (χ2n) is 8.25. The monoisotopic (exact) mass is 529 g/mol. The van der Waals surface area contributed by atoms with Crippen molar-refractivity contribution in [2.24, 2.45) is 5.41 Å². The van der Waals surface area contributed by atoms with Crippen LogP contribution in [0.25, 0.3) is 0 Å². The maximum absolute atomic E-state index is 14.4. The number of amides is 2. The third-order valence-corrected chi connectivity index (χ3v) is 6.96. The van der Waals surface area contributed by atoms with E-state index >= 15 is 0 Å². The largest absolute Gasteiger partial charge is 0.389 e. The molecule has 1 saturated heterocycles. The number of rotatable bonds is 3. The van der Waals surface area contributed by atoms with E-state index in [1.54, 1.807) is 17.0 Å². The van der Waals surface area contributed by atoms with Crippen molar-refractivity contribution in [3.8, 4) is 0 Å². The van der Waals surface area contributed by atoms with E-state index in [9.17, 15) is 19.1 Å². The van der Waals surface area contributed by atoms with Gasteiger partial charge in [0.1, 0.15) is 10.8 Å². The number of nitrogens with one attached hydrogen (secondary N) is 2. The molecule has 1 fully saturated rings. The Labute approximate surface area is 185 Å². The zero-order valence-corrected chi connectivity index (χ0v) is 19.0. The molecule has 0 aliphatic carbocycles. The van der Waals surface area contributed by atoms with Gasteiger partial charge < -0.3 is 20.6 Å². The smallest absolute Gasteiger partial charge is 0.261 e. The molecule has 3 heterocycles. The van der Waals surface area contributed by atoms with Gasteiger partial charge in [-0.05, 0) is 58.2 Å². The fraction of sp³-hybridized carbons (Fsp3) is 0.400. The molecule has 154 valence electrons. The number of aliphatic hydroxyl groups is 1. The van der Waals surface area contributed by atoms with Crippen LogP contribution in [0.4, 0.5) is 15.1 Å². The number of hydrogen-bond acceptors (Lipinski definition) is 5. The number of aliphatic hydroxyl groups excluding tert-OH is 1. The molecule has 2 aliphatic heterocycles. The highest BCUT2D eigenvalue weighted by molar-refractivity contribution is 14.1. The topological polar surface area (TPSA) is 81.7 Å². The summed E-state index contributed by atoms with van der Waals surface area (Å²) in [5, 5.41) is 16.0. The predicted octanol–water partition coefficient (Wildman–Crippen LogP) is 3.36. The Morgan fingerprint density at radius 1 is 1.41 bits per heavy atom. The van der Waals surface area contributed by atoms with Crippen LogP contribution in [0.1, 0.15) is 39.4 Å². The molecule has 0 spiro atoms. The number of carbonyl (C=O) groups is 2. The lowest BCUT2D eigenvalue weighted by atomic mass is 9.85. The van der Waals surface area contributed by atoms with Crippen LogP contribution in [0, 0.1) is 14.8 Å². The number of nitrogens with zero attached hydrogens (tertiary/aromatic N) is 1. The van der Waals surface area contributed by atoms with Crippen molar-refractivity contribution in [2.75, 3.05) is 25.0 Å². The molecule has 1 aromatic carbocycles. The molecule has 0 radical (unpaired) electrons. The van der Waals surface area contributed by atoms with Gasteiger partial charge in [-0.3, -0.25) is 9.59 Å². The Bertz CT molecular complexity index is 1000. The molecule has 2 amide bonds. The van der Waals surface area contributed by atoms with Crippen LogP contribution < -0.4 is 10.6 Å². The average Bonchev–Trinajstić information content (AvgIpc) is 2.91. The highest BCUT2D eigenvalue weighted by atomic mass is 127. The summed E-state index contributed by atoms with van der Waals surface area (Å²) < 4.78 is 15.2. The summed E-state index contributed by atoms with van der Waals surface area (Å²) in [4.78, 5) is 28.0. The highest BCUT2D eigenvalue weighted by Gasteiger charge is 2.38. The van der Waals surface area contributed by atoms with Crippen molar-refractivity contribution in [2.45, 2.75) is 26.4 Å². The standard InChI is InChI=1S/C20H21FIN3O3S/c1-20(2)6-12-15(19(28)25-7-11(26)8-25)18(29-16(12)17(27)23-9-20)24-14-4-3-10(22)5-13(14)21/h3-5,11,24,26H,6-9H2,1-2H3,(H,23,27). The Morgan fingerprint density at radius 3 is 2.79 bits per heavy atom. The lowest BCUT2D eigenvalue weighted by Crippen LogP contribution is -2.53. The first-order valence-corrected chi connectivity index (χ1v) is 11.2. The van der Waals surface area contributed by atoms with E-state index in [-0.39, 0.29) is 36.0 Å². The van der Waals surface area contributed by atoms with Crippen molar-refractivity contribution in [1.29, 1.82) is 0 Å². The molecule has 0 atom stereocenters. The van der Waals surface area contributed by atoms with Gasteiger partial charge in [0.15, 0.2) is 0 Å². The number of halogens is 2. The van der Waals surface area contributed by atoms with E-state index in [4.69, 9.17) is 0 Å². The van der Waals surface area contributed by atoms with Crippen molar-refractivity contribution < 1.29 is 19.1 Å². The molecular weight excluding hydrogens is 508 g/mol. The van der Waals surface area contributed by atoms with E-state index < -0.39 is 11.9 Å². The number of hydrogen-bond donors (Lipinski definition) is 3. The fourth-order valence-corrected chi connectivity index (χ4v) is 5.16. The molecular formula is C20H21FIN3O3S. The summed E-state index contributed by atoms with van der Waals surface area (Å²) in [7, 11) is 0. The quantitative estimate of drug-likeness (QED) is 0.533. The van der Waals surface area contributed by atoms with Crippen LogP contribution in [-0.2, 0) is 6.42 Å². The lowest BCUT2D eigenvalue weighted by molar-refractivity contribution is 0.00589. The van der Waals surface area contributed by atoms with Crippen molar-refractivity contribution in [1.82, 2.24) is 10.2 Å². The normalized spacial score (nSPS) is 18.5. The summed E-state index contributed by atoms with van der Waals surface area (Å²) in [6.45, 7) is 5.10. The molecule has 2 aromatic rings.